The normalized spacial score (nSPS) is 19.0. The van der Waals surface area contributed by atoms with Crippen LogP contribution in [0.2, 0.25) is 0 Å². The summed E-state index contributed by atoms with van der Waals surface area (Å²) >= 11 is 0. The van der Waals surface area contributed by atoms with E-state index in [1.807, 2.05) is 18.2 Å². The SMILES string of the molecule is Cc1c(Cc2ccccc2S(=O)(=O)N2CCCC2)c2c(n1CC=O)CCC(C)(C)C2. The molecule has 2 aromatic rings. The number of fused-ring (bicyclic) bond motifs is 1. The van der Waals surface area contributed by atoms with Gasteiger partial charge in [-0.1, -0.05) is 32.0 Å². The molecule has 5 nitrogen and oxygen atoms in total. The molecule has 162 valence electrons. The Bertz CT molecular complexity index is 1060. The number of aldehydes is 1. The average molecular weight is 429 g/mol. The van der Waals surface area contributed by atoms with E-state index in [4.69, 9.17) is 0 Å². The Morgan fingerprint density at radius 3 is 2.53 bits per heavy atom. The number of nitrogens with zero attached hydrogens (tertiary/aromatic N) is 2. The van der Waals surface area contributed by atoms with Gasteiger partial charge in [0.1, 0.15) is 6.29 Å². The van der Waals surface area contributed by atoms with Crippen LogP contribution in [0.3, 0.4) is 0 Å². The minimum atomic E-state index is -3.48. The quantitative estimate of drug-likeness (QED) is 0.656. The van der Waals surface area contributed by atoms with Crippen LogP contribution in [0.15, 0.2) is 29.2 Å². The number of carbonyl (C=O) groups is 1. The predicted octanol–water partition coefficient (Wildman–Crippen LogP) is 3.89. The van der Waals surface area contributed by atoms with Crippen LogP contribution in [0, 0.1) is 12.3 Å². The van der Waals surface area contributed by atoms with Crippen LogP contribution in [0.1, 0.15) is 61.2 Å². The molecule has 0 bridgehead atoms. The molecule has 0 spiro atoms. The van der Waals surface area contributed by atoms with Crippen molar-refractivity contribution in [3.63, 3.8) is 0 Å². The number of aromatic nitrogens is 1. The Kier molecular flexibility index (Phi) is 5.66. The van der Waals surface area contributed by atoms with Crippen LogP contribution in [0.4, 0.5) is 0 Å². The maximum Gasteiger partial charge on any atom is 0.243 e. The van der Waals surface area contributed by atoms with Gasteiger partial charge in [-0.05, 0) is 67.2 Å². The predicted molar refractivity (Wildman–Crippen MR) is 118 cm³/mol. The van der Waals surface area contributed by atoms with E-state index in [-0.39, 0.29) is 5.41 Å². The maximum absolute atomic E-state index is 13.3. The second-order valence-corrected chi connectivity index (χ2v) is 11.4. The van der Waals surface area contributed by atoms with E-state index < -0.39 is 10.0 Å². The summed E-state index contributed by atoms with van der Waals surface area (Å²) < 4.78 is 30.4. The first-order valence-electron chi connectivity index (χ1n) is 11.0. The molecular formula is C24H32N2O3S. The molecule has 1 fully saturated rings. The summed E-state index contributed by atoms with van der Waals surface area (Å²) in [5.41, 5.74) is 5.93. The molecule has 0 saturated carbocycles. The highest BCUT2D eigenvalue weighted by molar-refractivity contribution is 7.89. The zero-order valence-corrected chi connectivity index (χ0v) is 19.1. The molecule has 0 N–H and O–H groups in total. The fraction of sp³-hybridized carbons (Fsp3) is 0.542. The summed E-state index contributed by atoms with van der Waals surface area (Å²) in [6, 6.07) is 7.43. The summed E-state index contributed by atoms with van der Waals surface area (Å²) in [5.74, 6) is 0. The minimum absolute atomic E-state index is 0.211. The molecule has 1 aromatic carbocycles. The number of benzene rings is 1. The lowest BCUT2D eigenvalue weighted by molar-refractivity contribution is -0.108. The van der Waals surface area contributed by atoms with Gasteiger partial charge >= 0.3 is 0 Å². The summed E-state index contributed by atoms with van der Waals surface area (Å²) in [7, 11) is -3.48. The number of rotatable bonds is 6. The van der Waals surface area contributed by atoms with Gasteiger partial charge in [0, 0.05) is 30.9 Å². The first kappa shape index (κ1) is 21.3. The third-order valence-electron chi connectivity index (χ3n) is 6.85. The van der Waals surface area contributed by atoms with Crippen LogP contribution < -0.4 is 0 Å². The van der Waals surface area contributed by atoms with Crippen molar-refractivity contribution in [2.24, 2.45) is 5.41 Å². The van der Waals surface area contributed by atoms with Crippen molar-refractivity contribution in [2.75, 3.05) is 13.1 Å². The molecule has 0 amide bonds. The van der Waals surface area contributed by atoms with E-state index in [0.29, 0.717) is 31.0 Å². The van der Waals surface area contributed by atoms with E-state index in [0.717, 1.165) is 49.6 Å². The van der Waals surface area contributed by atoms with Gasteiger partial charge in [0.15, 0.2) is 0 Å². The largest absolute Gasteiger partial charge is 0.341 e. The molecule has 2 aliphatic rings. The topological polar surface area (TPSA) is 59.4 Å². The highest BCUT2D eigenvalue weighted by Crippen LogP contribution is 2.40. The highest BCUT2D eigenvalue weighted by Gasteiger charge is 2.33. The Morgan fingerprint density at radius 2 is 1.83 bits per heavy atom. The summed E-state index contributed by atoms with van der Waals surface area (Å²) in [6.07, 6.45) is 6.43. The van der Waals surface area contributed by atoms with Crippen LogP contribution in [0.5, 0.6) is 0 Å². The second kappa shape index (κ2) is 7.97. The number of carbonyl (C=O) groups excluding carboxylic acids is 1. The van der Waals surface area contributed by atoms with Crippen LogP contribution in [0.25, 0.3) is 0 Å². The monoisotopic (exact) mass is 428 g/mol. The zero-order chi connectivity index (χ0) is 21.5. The second-order valence-electron chi connectivity index (χ2n) is 9.50. The van der Waals surface area contributed by atoms with E-state index in [1.165, 1.54) is 16.8 Å². The van der Waals surface area contributed by atoms with Gasteiger partial charge in [-0.15, -0.1) is 0 Å². The van der Waals surface area contributed by atoms with E-state index in [9.17, 15) is 13.2 Å². The van der Waals surface area contributed by atoms with Crippen molar-refractivity contribution in [1.82, 2.24) is 8.87 Å². The molecule has 1 aliphatic carbocycles. The van der Waals surface area contributed by atoms with Crippen molar-refractivity contribution in [3.8, 4) is 0 Å². The molecule has 30 heavy (non-hydrogen) atoms. The molecule has 1 aromatic heterocycles. The van der Waals surface area contributed by atoms with Crippen molar-refractivity contribution in [3.05, 3.63) is 52.3 Å². The van der Waals surface area contributed by atoms with Crippen LogP contribution >= 0.6 is 0 Å². The smallest absolute Gasteiger partial charge is 0.243 e. The van der Waals surface area contributed by atoms with E-state index in [2.05, 4.69) is 25.3 Å². The third kappa shape index (κ3) is 3.76. The Hall–Kier alpha value is -1.92. The van der Waals surface area contributed by atoms with Crippen molar-refractivity contribution >= 4 is 16.3 Å². The first-order valence-corrected chi connectivity index (χ1v) is 12.4. The molecule has 0 unspecified atom stereocenters. The van der Waals surface area contributed by atoms with Gasteiger partial charge in [-0.2, -0.15) is 4.31 Å². The number of hydrogen-bond acceptors (Lipinski definition) is 3. The lowest BCUT2D eigenvalue weighted by atomic mass is 9.75. The lowest BCUT2D eigenvalue weighted by Crippen LogP contribution is -2.28. The fourth-order valence-corrected chi connectivity index (χ4v) is 6.89. The molecule has 0 radical (unpaired) electrons. The van der Waals surface area contributed by atoms with Crippen molar-refractivity contribution in [2.45, 2.75) is 70.7 Å². The van der Waals surface area contributed by atoms with Gasteiger partial charge < -0.3 is 9.36 Å². The van der Waals surface area contributed by atoms with Crippen molar-refractivity contribution < 1.29 is 13.2 Å². The summed E-state index contributed by atoms with van der Waals surface area (Å²) in [6.45, 7) is 8.23. The van der Waals surface area contributed by atoms with Gasteiger partial charge in [0.25, 0.3) is 0 Å². The number of hydrogen-bond donors (Lipinski definition) is 0. The van der Waals surface area contributed by atoms with E-state index >= 15 is 0 Å². The maximum atomic E-state index is 13.3. The lowest BCUT2D eigenvalue weighted by Gasteiger charge is -2.31. The highest BCUT2D eigenvalue weighted by atomic mass is 32.2. The van der Waals surface area contributed by atoms with Gasteiger partial charge in [0.05, 0.1) is 11.4 Å². The fourth-order valence-electron chi connectivity index (χ4n) is 5.15. The van der Waals surface area contributed by atoms with Gasteiger partial charge in [-0.3, -0.25) is 0 Å². The minimum Gasteiger partial charge on any atom is -0.341 e. The average Bonchev–Trinajstić information content (AvgIpc) is 3.32. The Labute approximate surface area is 180 Å². The summed E-state index contributed by atoms with van der Waals surface area (Å²) in [5, 5.41) is 0. The Morgan fingerprint density at radius 1 is 1.13 bits per heavy atom. The van der Waals surface area contributed by atoms with Crippen LogP contribution in [-0.4, -0.2) is 36.7 Å². The molecule has 2 heterocycles. The molecule has 1 aliphatic heterocycles. The Balaban J connectivity index is 1.79. The van der Waals surface area contributed by atoms with Crippen LogP contribution in [-0.2, 0) is 40.6 Å². The zero-order valence-electron chi connectivity index (χ0n) is 18.3. The standard InChI is InChI=1S/C24H32N2O3S/c1-18-20(21-17-24(2,3)11-10-22(21)26(18)14-15-27)16-19-8-4-5-9-23(19)30(28,29)25-12-6-7-13-25/h4-5,8-9,15H,6-7,10-14,16-17H2,1-3H3. The van der Waals surface area contributed by atoms with E-state index in [1.54, 1.807) is 10.4 Å². The van der Waals surface area contributed by atoms with Gasteiger partial charge in [-0.25, -0.2) is 8.42 Å². The third-order valence-corrected chi connectivity index (χ3v) is 8.85. The molecule has 1 saturated heterocycles. The first-order chi connectivity index (χ1) is 14.2. The molecule has 0 atom stereocenters. The summed E-state index contributed by atoms with van der Waals surface area (Å²) in [4.78, 5) is 11.8. The molecular weight excluding hydrogens is 396 g/mol. The number of sulfonamides is 1. The van der Waals surface area contributed by atoms with Gasteiger partial charge in [0.2, 0.25) is 10.0 Å². The van der Waals surface area contributed by atoms with Crippen molar-refractivity contribution in [1.29, 1.82) is 0 Å². The molecule has 6 heteroatoms. The molecule has 4 rings (SSSR count).